The average molecular weight is 214 g/mol. The van der Waals surface area contributed by atoms with Crippen LogP contribution < -0.4 is 11.1 Å². The number of nitrogen functional groups attached to an aromatic ring is 1. The first-order chi connectivity index (χ1) is 7.75. The maximum atomic E-state index is 5.63. The van der Waals surface area contributed by atoms with E-state index in [-0.39, 0.29) is 6.04 Å². The van der Waals surface area contributed by atoms with E-state index in [4.69, 9.17) is 5.73 Å². The lowest BCUT2D eigenvalue weighted by molar-refractivity contribution is 0.861. The molecular formula is C12H14N4. The standard InChI is InChI=1S/C12H14N4/c1-9(10-3-5-11(13)6-4-10)16-12-14-7-2-8-15-12/h2-9H,13H2,1H3,(H,14,15,16). The second kappa shape index (κ2) is 4.61. The van der Waals surface area contributed by atoms with Crippen molar-refractivity contribution in [1.82, 2.24) is 9.97 Å². The molecule has 0 amide bonds. The van der Waals surface area contributed by atoms with Crippen molar-refractivity contribution >= 4 is 11.6 Å². The van der Waals surface area contributed by atoms with Gasteiger partial charge >= 0.3 is 0 Å². The number of aromatic nitrogens is 2. The van der Waals surface area contributed by atoms with Crippen molar-refractivity contribution in [2.24, 2.45) is 0 Å². The second-order valence-electron chi connectivity index (χ2n) is 3.61. The Morgan fingerprint density at radius 1 is 1.12 bits per heavy atom. The van der Waals surface area contributed by atoms with Gasteiger partial charge in [0, 0.05) is 18.1 Å². The number of hydrogen-bond donors (Lipinski definition) is 2. The first-order valence-corrected chi connectivity index (χ1v) is 5.15. The summed E-state index contributed by atoms with van der Waals surface area (Å²) in [6.45, 7) is 2.06. The summed E-state index contributed by atoms with van der Waals surface area (Å²) < 4.78 is 0. The number of nitrogens with one attached hydrogen (secondary N) is 1. The lowest BCUT2D eigenvalue weighted by atomic mass is 10.1. The molecule has 0 aliphatic carbocycles. The molecule has 0 saturated carbocycles. The van der Waals surface area contributed by atoms with Gasteiger partial charge in [-0.3, -0.25) is 0 Å². The monoisotopic (exact) mass is 214 g/mol. The number of hydrogen-bond acceptors (Lipinski definition) is 4. The summed E-state index contributed by atoms with van der Waals surface area (Å²) in [4.78, 5) is 8.23. The van der Waals surface area contributed by atoms with E-state index in [1.54, 1.807) is 18.5 Å². The van der Waals surface area contributed by atoms with E-state index >= 15 is 0 Å². The predicted molar refractivity (Wildman–Crippen MR) is 64.9 cm³/mol. The quantitative estimate of drug-likeness (QED) is 0.769. The van der Waals surface area contributed by atoms with Crippen molar-refractivity contribution in [3.05, 3.63) is 48.3 Å². The molecule has 0 aliphatic heterocycles. The van der Waals surface area contributed by atoms with Gasteiger partial charge < -0.3 is 11.1 Å². The molecule has 0 bridgehead atoms. The molecule has 0 radical (unpaired) electrons. The SMILES string of the molecule is CC(Nc1ncccn1)c1ccc(N)cc1. The molecule has 82 valence electrons. The predicted octanol–water partition coefficient (Wildman–Crippen LogP) is 2.23. The van der Waals surface area contributed by atoms with Crippen LogP contribution in [0.5, 0.6) is 0 Å². The third-order valence-electron chi connectivity index (χ3n) is 2.35. The van der Waals surface area contributed by atoms with Gasteiger partial charge in [0.1, 0.15) is 0 Å². The van der Waals surface area contributed by atoms with E-state index in [0.717, 1.165) is 11.3 Å². The van der Waals surface area contributed by atoms with Gasteiger partial charge in [0.25, 0.3) is 0 Å². The van der Waals surface area contributed by atoms with Gasteiger partial charge in [-0.2, -0.15) is 0 Å². The fourth-order valence-corrected chi connectivity index (χ4v) is 1.44. The summed E-state index contributed by atoms with van der Waals surface area (Å²) in [6, 6.07) is 9.71. The van der Waals surface area contributed by atoms with Crippen LogP contribution in [-0.2, 0) is 0 Å². The molecule has 1 atom stereocenters. The highest BCUT2D eigenvalue weighted by molar-refractivity contribution is 5.41. The van der Waals surface area contributed by atoms with Crippen LogP contribution in [0.25, 0.3) is 0 Å². The van der Waals surface area contributed by atoms with Gasteiger partial charge in [-0.15, -0.1) is 0 Å². The number of nitrogens with zero attached hydrogens (tertiary/aromatic N) is 2. The van der Waals surface area contributed by atoms with Crippen molar-refractivity contribution in [2.75, 3.05) is 11.1 Å². The van der Waals surface area contributed by atoms with Crippen molar-refractivity contribution in [3.8, 4) is 0 Å². The molecule has 2 aromatic rings. The van der Waals surface area contributed by atoms with E-state index in [9.17, 15) is 0 Å². The Morgan fingerprint density at radius 3 is 2.38 bits per heavy atom. The fourth-order valence-electron chi connectivity index (χ4n) is 1.44. The Balaban J connectivity index is 2.09. The maximum Gasteiger partial charge on any atom is 0.223 e. The Kier molecular flexibility index (Phi) is 3.00. The topological polar surface area (TPSA) is 63.8 Å². The molecule has 1 heterocycles. The molecule has 4 nitrogen and oxygen atoms in total. The largest absolute Gasteiger partial charge is 0.399 e. The summed E-state index contributed by atoms with van der Waals surface area (Å²) in [6.07, 6.45) is 3.43. The fraction of sp³-hybridized carbons (Fsp3) is 0.167. The number of nitrogens with two attached hydrogens (primary N) is 1. The van der Waals surface area contributed by atoms with Gasteiger partial charge in [-0.25, -0.2) is 9.97 Å². The highest BCUT2D eigenvalue weighted by Crippen LogP contribution is 2.17. The summed E-state index contributed by atoms with van der Waals surface area (Å²) in [5.74, 6) is 0.631. The van der Waals surface area contributed by atoms with Crippen LogP contribution in [0.3, 0.4) is 0 Å². The Morgan fingerprint density at radius 2 is 1.75 bits per heavy atom. The summed E-state index contributed by atoms with van der Waals surface area (Å²) in [7, 11) is 0. The summed E-state index contributed by atoms with van der Waals surface area (Å²) in [5, 5.41) is 3.21. The van der Waals surface area contributed by atoms with Crippen molar-refractivity contribution in [1.29, 1.82) is 0 Å². The minimum Gasteiger partial charge on any atom is -0.399 e. The smallest absolute Gasteiger partial charge is 0.223 e. The summed E-state index contributed by atoms with van der Waals surface area (Å²) in [5.41, 5.74) is 7.56. The molecule has 1 aromatic carbocycles. The second-order valence-corrected chi connectivity index (χ2v) is 3.61. The Labute approximate surface area is 94.5 Å². The van der Waals surface area contributed by atoms with Crippen LogP contribution in [0, 0.1) is 0 Å². The minimum atomic E-state index is 0.156. The van der Waals surface area contributed by atoms with Gasteiger partial charge in [0.2, 0.25) is 5.95 Å². The highest BCUT2D eigenvalue weighted by atomic mass is 15.1. The molecule has 0 saturated heterocycles. The lowest BCUT2D eigenvalue weighted by Crippen LogP contribution is -2.08. The zero-order chi connectivity index (χ0) is 11.4. The van der Waals surface area contributed by atoms with Crippen molar-refractivity contribution in [2.45, 2.75) is 13.0 Å². The molecule has 4 heteroatoms. The first kappa shape index (κ1) is 10.4. The van der Waals surface area contributed by atoms with E-state index in [1.165, 1.54) is 0 Å². The van der Waals surface area contributed by atoms with Gasteiger partial charge in [0.15, 0.2) is 0 Å². The zero-order valence-corrected chi connectivity index (χ0v) is 9.09. The molecular weight excluding hydrogens is 200 g/mol. The molecule has 0 spiro atoms. The summed E-state index contributed by atoms with van der Waals surface area (Å²) >= 11 is 0. The van der Waals surface area contributed by atoms with Crippen LogP contribution in [0.1, 0.15) is 18.5 Å². The Hall–Kier alpha value is -2.10. The minimum absolute atomic E-state index is 0.156. The van der Waals surface area contributed by atoms with Crippen LogP contribution in [0.2, 0.25) is 0 Å². The van der Waals surface area contributed by atoms with Gasteiger partial charge in [-0.1, -0.05) is 12.1 Å². The Bertz CT molecular complexity index is 438. The van der Waals surface area contributed by atoms with Crippen molar-refractivity contribution < 1.29 is 0 Å². The number of rotatable bonds is 3. The van der Waals surface area contributed by atoms with Crippen LogP contribution >= 0.6 is 0 Å². The van der Waals surface area contributed by atoms with Gasteiger partial charge in [0.05, 0.1) is 6.04 Å². The van der Waals surface area contributed by atoms with Gasteiger partial charge in [-0.05, 0) is 30.7 Å². The molecule has 0 aliphatic rings. The van der Waals surface area contributed by atoms with E-state index in [2.05, 4.69) is 22.2 Å². The number of anilines is 2. The van der Waals surface area contributed by atoms with E-state index in [0.29, 0.717) is 5.95 Å². The van der Waals surface area contributed by atoms with Crippen LogP contribution in [0.4, 0.5) is 11.6 Å². The van der Waals surface area contributed by atoms with Crippen molar-refractivity contribution in [3.63, 3.8) is 0 Å². The molecule has 2 rings (SSSR count). The molecule has 16 heavy (non-hydrogen) atoms. The average Bonchev–Trinajstić information content (AvgIpc) is 2.31. The normalized spacial score (nSPS) is 12.1. The van der Waals surface area contributed by atoms with E-state index in [1.807, 2.05) is 24.3 Å². The number of benzene rings is 1. The molecule has 3 N–H and O–H groups in total. The zero-order valence-electron chi connectivity index (χ0n) is 9.09. The van der Waals surface area contributed by atoms with E-state index < -0.39 is 0 Å². The molecule has 0 fully saturated rings. The van der Waals surface area contributed by atoms with Crippen LogP contribution in [-0.4, -0.2) is 9.97 Å². The first-order valence-electron chi connectivity index (χ1n) is 5.15. The van der Waals surface area contributed by atoms with Crippen LogP contribution in [0.15, 0.2) is 42.7 Å². The third kappa shape index (κ3) is 2.48. The maximum absolute atomic E-state index is 5.63. The lowest BCUT2D eigenvalue weighted by Gasteiger charge is -2.13. The molecule has 1 unspecified atom stereocenters. The highest BCUT2D eigenvalue weighted by Gasteiger charge is 2.05. The third-order valence-corrected chi connectivity index (χ3v) is 2.35. The molecule has 1 aromatic heterocycles.